The molecule has 0 unspecified atom stereocenters. The number of rotatable bonds is 5. The highest BCUT2D eigenvalue weighted by molar-refractivity contribution is 7.89. The number of amides is 1. The van der Waals surface area contributed by atoms with E-state index in [1.54, 1.807) is 4.57 Å². The van der Waals surface area contributed by atoms with Crippen molar-refractivity contribution in [3.8, 4) is 0 Å². The van der Waals surface area contributed by atoms with Crippen LogP contribution in [0.5, 0.6) is 0 Å². The van der Waals surface area contributed by atoms with Gasteiger partial charge in [0, 0.05) is 31.2 Å². The minimum absolute atomic E-state index is 0.0333. The first-order valence-electron chi connectivity index (χ1n) is 8.15. The summed E-state index contributed by atoms with van der Waals surface area (Å²) >= 11 is 1.36. The Balaban J connectivity index is 1.70. The molecule has 0 saturated carbocycles. The molecule has 0 aromatic carbocycles. The number of carbonyl (C=O) groups excluding carboxylic acids is 1. The second kappa shape index (κ2) is 7.22. The Morgan fingerprint density at radius 1 is 1.48 bits per heavy atom. The normalized spacial score (nSPS) is 19.0. The molecule has 8 nitrogen and oxygen atoms in total. The minimum atomic E-state index is -3.68. The highest BCUT2D eigenvalue weighted by Crippen LogP contribution is 2.24. The van der Waals surface area contributed by atoms with Crippen LogP contribution in [0, 0.1) is 12.8 Å². The Morgan fingerprint density at radius 3 is 2.92 bits per heavy atom. The van der Waals surface area contributed by atoms with Crippen molar-refractivity contribution in [3.63, 3.8) is 0 Å². The van der Waals surface area contributed by atoms with E-state index in [9.17, 15) is 13.2 Å². The summed E-state index contributed by atoms with van der Waals surface area (Å²) in [5.41, 5.74) is 0.847. The van der Waals surface area contributed by atoms with Crippen molar-refractivity contribution < 1.29 is 13.2 Å². The van der Waals surface area contributed by atoms with Crippen LogP contribution in [0.25, 0.3) is 0 Å². The predicted octanol–water partition coefficient (Wildman–Crippen LogP) is 1.71. The Labute approximate surface area is 150 Å². The first-order chi connectivity index (χ1) is 11.9. The fraction of sp³-hybridized carbons (Fsp3) is 0.533. The maximum atomic E-state index is 12.8. The molecular formula is C15H21N5O3S2. The lowest BCUT2D eigenvalue weighted by atomic mass is 9.99. The third-order valence-electron chi connectivity index (χ3n) is 4.18. The van der Waals surface area contributed by atoms with Crippen LogP contribution in [0.4, 0.5) is 5.13 Å². The molecule has 1 atom stereocenters. The largest absolute Gasteiger partial charge is 0.336 e. The fourth-order valence-electron chi connectivity index (χ4n) is 2.77. The lowest BCUT2D eigenvalue weighted by Crippen LogP contribution is -2.43. The number of aromatic nitrogens is 3. The molecule has 10 heteroatoms. The molecule has 3 rings (SSSR count). The lowest BCUT2D eigenvalue weighted by Gasteiger charge is -2.30. The molecule has 25 heavy (non-hydrogen) atoms. The van der Waals surface area contributed by atoms with Crippen molar-refractivity contribution in [1.29, 1.82) is 0 Å². The third-order valence-corrected chi connectivity index (χ3v) is 6.81. The van der Waals surface area contributed by atoms with Gasteiger partial charge in [0.25, 0.3) is 10.0 Å². The van der Waals surface area contributed by atoms with Gasteiger partial charge in [-0.2, -0.15) is 4.31 Å². The molecule has 1 aliphatic rings. The summed E-state index contributed by atoms with van der Waals surface area (Å²) in [4.78, 5) is 20.7. The number of nitrogens with one attached hydrogen (secondary N) is 1. The second-order valence-corrected chi connectivity index (χ2v) is 8.77. The molecule has 136 valence electrons. The van der Waals surface area contributed by atoms with Gasteiger partial charge in [0.05, 0.1) is 17.9 Å². The van der Waals surface area contributed by atoms with E-state index in [-0.39, 0.29) is 23.4 Å². The van der Waals surface area contributed by atoms with E-state index in [0.717, 1.165) is 5.69 Å². The zero-order valence-corrected chi connectivity index (χ0v) is 15.8. The number of hydrogen-bond donors (Lipinski definition) is 1. The minimum Gasteiger partial charge on any atom is -0.336 e. The first-order valence-corrected chi connectivity index (χ1v) is 10.5. The summed E-state index contributed by atoms with van der Waals surface area (Å²) in [5.74, 6) is -0.575. The van der Waals surface area contributed by atoms with Gasteiger partial charge in [0.2, 0.25) is 5.91 Å². The molecular weight excluding hydrogens is 362 g/mol. The quantitative estimate of drug-likeness (QED) is 0.848. The van der Waals surface area contributed by atoms with Gasteiger partial charge in [-0.05, 0) is 26.7 Å². The SMILES string of the molecule is CCn1cnc(S(=O)(=O)N2CCC[C@H](C(=O)Nc3nc(C)cs3)C2)c1. The number of carbonyl (C=O) groups is 1. The Morgan fingerprint density at radius 2 is 2.28 bits per heavy atom. The number of imidazole rings is 1. The number of anilines is 1. The monoisotopic (exact) mass is 383 g/mol. The van der Waals surface area contributed by atoms with E-state index >= 15 is 0 Å². The highest BCUT2D eigenvalue weighted by atomic mass is 32.2. The maximum absolute atomic E-state index is 12.8. The first kappa shape index (κ1) is 18.0. The van der Waals surface area contributed by atoms with Crippen LogP contribution < -0.4 is 5.32 Å². The van der Waals surface area contributed by atoms with Crippen molar-refractivity contribution in [2.75, 3.05) is 18.4 Å². The molecule has 1 amide bonds. The molecule has 0 radical (unpaired) electrons. The average Bonchev–Trinajstić information content (AvgIpc) is 3.24. The van der Waals surface area contributed by atoms with Crippen LogP contribution in [-0.2, 0) is 21.4 Å². The summed E-state index contributed by atoms with van der Waals surface area (Å²) in [7, 11) is -3.68. The van der Waals surface area contributed by atoms with Crippen LogP contribution in [0.3, 0.4) is 0 Å². The Kier molecular flexibility index (Phi) is 5.21. The van der Waals surface area contributed by atoms with E-state index in [2.05, 4.69) is 15.3 Å². The predicted molar refractivity (Wildman–Crippen MR) is 94.9 cm³/mol. The van der Waals surface area contributed by atoms with Crippen LogP contribution >= 0.6 is 11.3 Å². The summed E-state index contributed by atoms with van der Waals surface area (Å²) in [5, 5.41) is 5.22. The van der Waals surface area contributed by atoms with E-state index in [4.69, 9.17) is 0 Å². The number of thiazole rings is 1. The van der Waals surface area contributed by atoms with Crippen molar-refractivity contribution in [1.82, 2.24) is 18.8 Å². The lowest BCUT2D eigenvalue weighted by molar-refractivity contribution is -0.120. The fourth-order valence-corrected chi connectivity index (χ4v) is 4.92. The van der Waals surface area contributed by atoms with Gasteiger partial charge in [0.15, 0.2) is 10.2 Å². The van der Waals surface area contributed by atoms with E-state index in [0.29, 0.717) is 31.1 Å². The van der Waals surface area contributed by atoms with Gasteiger partial charge in [-0.15, -0.1) is 11.3 Å². The molecule has 2 aromatic rings. The van der Waals surface area contributed by atoms with Gasteiger partial charge in [-0.1, -0.05) is 0 Å². The third kappa shape index (κ3) is 3.91. The molecule has 0 aliphatic carbocycles. The van der Waals surface area contributed by atoms with Crippen molar-refractivity contribution in [2.24, 2.45) is 5.92 Å². The van der Waals surface area contributed by atoms with Crippen molar-refractivity contribution in [2.45, 2.75) is 38.3 Å². The van der Waals surface area contributed by atoms with Crippen molar-refractivity contribution in [3.05, 3.63) is 23.6 Å². The van der Waals surface area contributed by atoms with Crippen LogP contribution in [-0.4, -0.2) is 46.3 Å². The number of piperidine rings is 1. The van der Waals surface area contributed by atoms with Crippen molar-refractivity contribution >= 4 is 32.4 Å². The second-order valence-electron chi connectivity index (χ2n) is 6.03. The van der Waals surface area contributed by atoms with Crippen LogP contribution in [0.2, 0.25) is 0 Å². The standard InChI is InChI=1S/C15H21N5O3S2/c1-3-19-8-13(16-10-19)25(22,23)20-6-4-5-12(7-20)14(21)18-15-17-11(2)9-24-15/h8-10,12H,3-7H2,1-2H3,(H,17,18,21)/t12-/m0/s1. The average molecular weight is 383 g/mol. The highest BCUT2D eigenvalue weighted by Gasteiger charge is 2.34. The molecule has 1 N–H and O–H groups in total. The Hall–Kier alpha value is -1.78. The molecule has 1 fully saturated rings. The number of aryl methyl sites for hydroxylation is 2. The summed E-state index contributed by atoms with van der Waals surface area (Å²) in [6, 6.07) is 0. The number of hydrogen-bond acceptors (Lipinski definition) is 6. The van der Waals surface area contributed by atoms with Gasteiger partial charge in [-0.3, -0.25) is 4.79 Å². The number of nitrogens with zero attached hydrogens (tertiary/aromatic N) is 4. The molecule has 0 bridgehead atoms. The van der Waals surface area contributed by atoms with Gasteiger partial charge in [0.1, 0.15) is 0 Å². The van der Waals surface area contributed by atoms with E-state index < -0.39 is 10.0 Å². The summed E-state index contributed by atoms with van der Waals surface area (Å²) in [6.07, 6.45) is 4.33. The van der Waals surface area contributed by atoms with Gasteiger partial charge in [-0.25, -0.2) is 18.4 Å². The number of sulfonamides is 1. The zero-order chi connectivity index (χ0) is 18.0. The molecule has 0 spiro atoms. The molecule has 1 saturated heterocycles. The Bertz CT molecular complexity index is 858. The maximum Gasteiger partial charge on any atom is 0.262 e. The molecule has 1 aliphatic heterocycles. The van der Waals surface area contributed by atoms with Crippen LogP contribution in [0.15, 0.2) is 22.9 Å². The zero-order valence-electron chi connectivity index (χ0n) is 14.2. The van der Waals surface area contributed by atoms with Crippen LogP contribution in [0.1, 0.15) is 25.5 Å². The smallest absolute Gasteiger partial charge is 0.262 e. The molecule has 3 heterocycles. The van der Waals surface area contributed by atoms with Gasteiger partial charge < -0.3 is 9.88 Å². The topological polar surface area (TPSA) is 97.2 Å². The summed E-state index contributed by atoms with van der Waals surface area (Å²) in [6.45, 7) is 5.00. The molecule has 2 aromatic heterocycles. The van der Waals surface area contributed by atoms with E-state index in [1.807, 2.05) is 19.2 Å². The van der Waals surface area contributed by atoms with E-state index in [1.165, 1.54) is 28.2 Å². The van der Waals surface area contributed by atoms with Gasteiger partial charge >= 0.3 is 0 Å². The summed E-state index contributed by atoms with van der Waals surface area (Å²) < 4.78 is 28.6.